The molecule has 0 saturated carbocycles. The Hall–Kier alpha value is -3.36. The minimum absolute atomic E-state index is 0.137. The van der Waals surface area contributed by atoms with E-state index in [0.717, 1.165) is 18.2 Å². The van der Waals surface area contributed by atoms with E-state index < -0.39 is 35.3 Å². The number of likely N-dealkylation sites (N-methyl/N-ethyl adjacent to an activating group) is 1. The zero-order valence-corrected chi connectivity index (χ0v) is 18.4. The van der Waals surface area contributed by atoms with Gasteiger partial charge in [-0.15, -0.1) is 0 Å². The SMILES string of the molecule is CN(C(=O)C(Cc1cc(F)cc(F)c1)NC(=O)OC(C)(C)C)c1ccc2c(c1)OCCO2. The van der Waals surface area contributed by atoms with Crippen LogP contribution < -0.4 is 19.7 Å². The van der Waals surface area contributed by atoms with E-state index >= 15 is 0 Å². The molecule has 1 N–H and O–H groups in total. The molecule has 2 aromatic rings. The first-order valence-electron chi connectivity index (χ1n) is 10.1. The van der Waals surface area contributed by atoms with Gasteiger partial charge in [-0.25, -0.2) is 13.6 Å². The van der Waals surface area contributed by atoms with Crippen molar-refractivity contribution in [3.05, 3.63) is 53.6 Å². The van der Waals surface area contributed by atoms with Crippen LogP contribution in [0.2, 0.25) is 0 Å². The van der Waals surface area contributed by atoms with Gasteiger partial charge in [0.2, 0.25) is 5.91 Å². The van der Waals surface area contributed by atoms with Gasteiger partial charge in [0, 0.05) is 31.3 Å². The lowest BCUT2D eigenvalue weighted by Gasteiger charge is -2.27. The maximum atomic E-state index is 13.7. The average molecular weight is 448 g/mol. The van der Waals surface area contributed by atoms with E-state index in [4.69, 9.17) is 14.2 Å². The molecule has 0 fully saturated rings. The van der Waals surface area contributed by atoms with Crippen LogP contribution >= 0.6 is 0 Å². The minimum Gasteiger partial charge on any atom is -0.486 e. The number of hydrogen-bond acceptors (Lipinski definition) is 5. The molecular formula is C23H26F2N2O5. The highest BCUT2D eigenvalue weighted by Gasteiger charge is 2.28. The Morgan fingerprint density at radius 2 is 1.69 bits per heavy atom. The fourth-order valence-corrected chi connectivity index (χ4v) is 3.22. The highest BCUT2D eigenvalue weighted by molar-refractivity contribution is 5.98. The molecule has 2 amide bonds. The number of amides is 2. The largest absolute Gasteiger partial charge is 0.486 e. The van der Waals surface area contributed by atoms with Gasteiger partial charge in [-0.1, -0.05) is 0 Å². The lowest BCUT2D eigenvalue weighted by molar-refractivity contribution is -0.120. The van der Waals surface area contributed by atoms with Crippen molar-refractivity contribution in [2.75, 3.05) is 25.2 Å². The van der Waals surface area contributed by atoms with Gasteiger partial charge in [-0.2, -0.15) is 0 Å². The monoisotopic (exact) mass is 448 g/mol. The maximum Gasteiger partial charge on any atom is 0.408 e. The molecule has 0 spiro atoms. The number of halogens is 2. The smallest absolute Gasteiger partial charge is 0.408 e. The van der Waals surface area contributed by atoms with Crippen molar-refractivity contribution in [3.63, 3.8) is 0 Å². The van der Waals surface area contributed by atoms with Gasteiger partial charge < -0.3 is 24.4 Å². The number of carbonyl (C=O) groups is 2. The van der Waals surface area contributed by atoms with E-state index in [-0.39, 0.29) is 12.0 Å². The van der Waals surface area contributed by atoms with Crippen molar-refractivity contribution in [3.8, 4) is 11.5 Å². The van der Waals surface area contributed by atoms with Crippen LogP contribution in [0.5, 0.6) is 11.5 Å². The molecule has 32 heavy (non-hydrogen) atoms. The first kappa shape index (κ1) is 23.3. The highest BCUT2D eigenvalue weighted by Crippen LogP contribution is 2.34. The fourth-order valence-electron chi connectivity index (χ4n) is 3.22. The normalized spacial score (nSPS) is 13.8. The summed E-state index contributed by atoms with van der Waals surface area (Å²) in [5, 5.41) is 2.52. The van der Waals surface area contributed by atoms with Crippen LogP contribution in [0.25, 0.3) is 0 Å². The van der Waals surface area contributed by atoms with Crippen molar-refractivity contribution in [2.45, 2.75) is 38.8 Å². The molecule has 9 heteroatoms. The van der Waals surface area contributed by atoms with E-state index in [9.17, 15) is 18.4 Å². The second-order valence-corrected chi connectivity index (χ2v) is 8.41. The Morgan fingerprint density at radius 1 is 1.06 bits per heavy atom. The Labute approximate surface area is 185 Å². The van der Waals surface area contributed by atoms with Gasteiger partial charge in [-0.05, 0) is 50.6 Å². The molecule has 1 aliphatic heterocycles. The first-order chi connectivity index (χ1) is 15.0. The van der Waals surface area contributed by atoms with Crippen molar-refractivity contribution in [1.29, 1.82) is 0 Å². The summed E-state index contributed by atoms with van der Waals surface area (Å²) in [5.41, 5.74) is -0.0714. The average Bonchev–Trinajstić information content (AvgIpc) is 2.69. The lowest BCUT2D eigenvalue weighted by Crippen LogP contribution is -2.50. The molecule has 0 aliphatic carbocycles. The third-order valence-corrected chi connectivity index (χ3v) is 4.59. The third kappa shape index (κ3) is 6.09. The van der Waals surface area contributed by atoms with Crippen LogP contribution in [0, 0.1) is 11.6 Å². The van der Waals surface area contributed by atoms with Crippen LogP contribution in [0.4, 0.5) is 19.3 Å². The number of nitrogens with zero attached hydrogens (tertiary/aromatic N) is 1. The van der Waals surface area contributed by atoms with Gasteiger partial charge in [0.25, 0.3) is 0 Å². The summed E-state index contributed by atoms with van der Waals surface area (Å²) in [7, 11) is 1.53. The van der Waals surface area contributed by atoms with Gasteiger partial charge in [0.05, 0.1) is 0 Å². The summed E-state index contributed by atoms with van der Waals surface area (Å²) in [6.45, 7) is 5.89. The zero-order chi connectivity index (χ0) is 23.5. The molecule has 0 bridgehead atoms. The van der Waals surface area contributed by atoms with Crippen molar-refractivity contribution in [1.82, 2.24) is 5.32 Å². The predicted octanol–water partition coefficient (Wildman–Crippen LogP) is 3.83. The Kier molecular flexibility index (Phi) is 6.86. The Morgan fingerprint density at radius 3 is 2.31 bits per heavy atom. The Bertz CT molecular complexity index is 986. The van der Waals surface area contributed by atoms with Crippen LogP contribution in [-0.4, -0.2) is 43.9 Å². The number of rotatable bonds is 5. The Balaban J connectivity index is 1.85. The van der Waals surface area contributed by atoms with Gasteiger partial charge in [0.15, 0.2) is 11.5 Å². The number of nitrogens with one attached hydrogen (secondary N) is 1. The van der Waals surface area contributed by atoms with E-state index in [1.807, 2.05) is 0 Å². The molecule has 1 aliphatic rings. The molecule has 172 valence electrons. The minimum atomic E-state index is -1.13. The zero-order valence-electron chi connectivity index (χ0n) is 18.4. The van der Waals surface area contributed by atoms with Crippen LogP contribution in [0.15, 0.2) is 36.4 Å². The predicted molar refractivity (Wildman–Crippen MR) is 114 cm³/mol. The molecule has 0 radical (unpaired) electrons. The molecule has 3 rings (SSSR count). The summed E-state index contributed by atoms with van der Waals surface area (Å²) in [6, 6.07) is 6.85. The second kappa shape index (κ2) is 9.42. The number of hydrogen-bond donors (Lipinski definition) is 1. The standard InChI is InChI=1S/C23H26F2N2O5/c1-23(2,3)32-22(29)26-18(11-14-9-15(24)12-16(25)10-14)21(28)27(4)17-5-6-19-20(13-17)31-8-7-30-19/h5-6,9-10,12-13,18H,7-8,11H2,1-4H3,(H,26,29). The van der Waals surface area contributed by atoms with Gasteiger partial charge in [0.1, 0.15) is 36.5 Å². The second-order valence-electron chi connectivity index (χ2n) is 8.41. The molecule has 1 heterocycles. The van der Waals surface area contributed by atoms with Crippen LogP contribution in [-0.2, 0) is 16.0 Å². The molecule has 0 saturated heterocycles. The highest BCUT2D eigenvalue weighted by atomic mass is 19.1. The number of ether oxygens (including phenoxy) is 3. The van der Waals surface area contributed by atoms with Crippen LogP contribution in [0.3, 0.4) is 0 Å². The summed E-state index contributed by atoms with van der Waals surface area (Å²) in [6.07, 6.45) is -0.954. The maximum absolute atomic E-state index is 13.7. The number of carbonyl (C=O) groups excluding carboxylic acids is 2. The van der Waals surface area contributed by atoms with Gasteiger partial charge >= 0.3 is 6.09 Å². The molecular weight excluding hydrogens is 422 g/mol. The summed E-state index contributed by atoms with van der Waals surface area (Å²) in [4.78, 5) is 27.0. The lowest BCUT2D eigenvalue weighted by atomic mass is 10.0. The topological polar surface area (TPSA) is 77.1 Å². The summed E-state index contributed by atoms with van der Waals surface area (Å²) < 4.78 is 43.7. The summed E-state index contributed by atoms with van der Waals surface area (Å²) in [5.74, 6) is -0.985. The third-order valence-electron chi connectivity index (χ3n) is 4.59. The first-order valence-corrected chi connectivity index (χ1v) is 10.1. The molecule has 0 aromatic heterocycles. The van der Waals surface area contributed by atoms with E-state index in [2.05, 4.69) is 5.32 Å². The van der Waals surface area contributed by atoms with E-state index in [1.54, 1.807) is 39.0 Å². The van der Waals surface area contributed by atoms with Crippen molar-refractivity contribution < 1.29 is 32.6 Å². The number of benzene rings is 2. The van der Waals surface area contributed by atoms with Gasteiger partial charge in [-0.3, -0.25) is 4.79 Å². The number of anilines is 1. The molecule has 2 aromatic carbocycles. The molecule has 1 atom stereocenters. The number of alkyl carbamates (subject to hydrolysis) is 1. The number of fused-ring (bicyclic) bond motifs is 1. The van der Waals surface area contributed by atoms with Crippen molar-refractivity contribution in [2.24, 2.45) is 0 Å². The quantitative estimate of drug-likeness (QED) is 0.752. The summed E-state index contributed by atoms with van der Waals surface area (Å²) >= 11 is 0. The van der Waals surface area contributed by atoms with E-state index in [0.29, 0.717) is 30.4 Å². The molecule has 1 unspecified atom stereocenters. The molecule has 7 nitrogen and oxygen atoms in total. The van der Waals surface area contributed by atoms with E-state index in [1.165, 1.54) is 11.9 Å². The van der Waals surface area contributed by atoms with Crippen LogP contribution in [0.1, 0.15) is 26.3 Å². The fraction of sp³-hybridized carbons (Fsp3) is 0.391. The van der Waals surface area contributed by atoms with Crippen molar-refractivity contribution >= 4 is 17.7 Å².